The lowest BCUT2D eigenvalue weighted by molar-refractivity contribution is -0.305. The minimum atomic E-state index is -1.03. The van der Waals surface area contributed by atoms with Gasteiger partial charge >= 0.3 is 5.97 Å². The van der Waals surface area contributed by atoms with Crippen LogP contribution in [0.5, 0.6) is 0 Å². The normalized spacial score (nSPS) is 10.6. The third-order valence-corrected chi connectivity index (χ3v) is 2.16. The van der Waals surface area contributed by atoms with Gasteiger partial charge in [0.1, 0.15) is 0 Å². The van der Waals surface area contributed by atoms with Crippen LogP contribution in [0.3, 0.4) is 0 Å². The van der Waals surface area contributed by atoms with E-state index >= 15 is 0 Å². The summed E-state index contributed by atoms with van der Waals surface area (Å²) in [6, 6.07) is 2.11. The molecule has 0 saturated heterocycles. The molecule has 0 aliphatic rings. The van der Waals surface area contributed by atoms with E-state index in [1.807, 2.05) is 13.8 Å². The van der Waals surface area contributed by atoms with Crippen molar-refractivity contribution in [2.75, 3.05) is 6.61 Å². The van der Waals surface area contributed by atoms with Gasteiger partial charge in [-0.2, -0.15) is 5.26 Å². The van der Waals surface area contributed by atoms with Crippen molar-refractivity contribution in [2.24, 2.45) is 5.92 Å². The Bertz CT molecular complexity index is 253. The number of carboxylic acids is 1. The summed E-state index contributed by atoms with van der Waals surface area (Å²) in [7, 11) is 0. The molecule has 0 N–H and O–H groups in total. The topological polar surface area (TPSA) is 90.2 Å². The summed E-state index contributed by atoms with van der Waals surface area (Å²) in [5.74, 6) is -1.08. The first kappa shape index (κ1) is 18.8. The van der Waals surface area contributed by atoms with Crippen LogP contribution in [0.2, 0.25) is 0 Å². The fourth-order valence-corrected chi connectivity index (χ4v) is 0.855. The number of ether oxygens (including phenoxy) is 1. The molecule has 0 aromatic carbocycles. The molecule has 1 atom stereocenters. The maximum absolute atomic E-state index is 10.3. The van der Waals surface area contributed by atoms with Crippen LogP contribution in [0.1, 0.15) is 52.9 Å². The monoisotopic (exact) mass is 256 g/mol. The van der Waals surface area contributed by atoms with Crippen molar-refractivity contribution in [1.82, 2.24) is 0 Å². The van der Waals surface area contributed by atoms with E-state index in [1.54, 1.807) is 0 Å². The molecular weight excluding hydrogens is 234 g/mol. The largest absolute Gasteiger partial charge is 0.550 e. The van der Waals surface area contributed by atoms with Gasteiger partial charge in [0.15, 0.2) is 0 Å². The number of rotatable bonds is 7. The van der Waals surface area contributed by atoms with E-state index in [0.29, 0.717) is 19.4 Å². The standard InChI is InChI=1S/C8H14O4.C5H9N/c1-7(9)12-6-4-2-3-5-8(10)11;1-3-5(2)4-6/h2-6H2,1H3,(H,10,11);5H,3H2,1-2H3/p-1. The van der Waals surface area contributed by atoms with Gasteiger partial charge in [0.05, 0.1) is 12.7 Å². The molecular formula is C13H22NO4-. The van der Waals surface area contributed by atoms with Crippen LogP contribution in [0.4, 0.5) is 0 Å². The first-order valence-electron chi connectivity index (χ1n) is 6.16. The molecule has 0 aromatic heterocycles. The predicted molar refractivity (Wildman–Crippen MR) is 65.2 cm³/mol. The third kappa shape index (κ3) is 19.9. The number of hydrogen-bond acceptors (Lipinski definition) is 5. The summed E-state index contributed by atoms with van der Waals surface area (Å²) >= 11 is 0. The summed E-state index contributed by atoms with van der Waals surface area (Å²) in [5.41, 5.74) is 0. The van der Waals surface area contributed by atoms with Crippen molar-refractivity contribution in [1.29, 1.82) is 5.26 Å². The molecule has 0 spiro atoms. The number of unbranched alkanes of at least 4 members (excludes halogenated alkanes) is 2. The average molecular weight is 256 g/mol. The molecule has 0 saturated carbocycles. The number of esters is 1. The Hall–Kier alpha value is -1.57. The van der Waals surface area contributed by atoms with Gasteiger partial charge in [-0.05, 0) is 39.0 Å². The van der Waals surface area contributed by atoms with Gasteiger partial charge in [-0.15, -0.1) is 0 Å². The highest BCUT2D eigenvalue weighted by Gasteiger charge is 1.93. The van der Waals surface area contributed by atoms with Gasteiger partial charge in [-0.25, -0.2) is 0 Å². The Kier molecular flexibility index (Phi) is 14.1. The number of carbonyl (C=O) groups is 2. The lowest BCUT2D eigenvalue weighted by Crippen LogP contribution is -2.21. The average Bonchev–Trinajstić information content (AvgIpc) is 2.32. The quantitative estimate of drug-likeness (QED) is 0.507. The molecule has 0 radical (unpaired) electrons. The molecule has 0 aliphatic heterocycles. The second-order valence-corrected chi connectivity index (χ2v) is 3.96. The highest BCUT2D eigenvalue weighted by Crippen LogP contribution is 1.99. The molecule has 0 aliphatic carbocycles. The number of nitriles is 1. The van der Waals surface area contributed by atoms with Gasteiger partial charge in [0, 0.05) is 18.8 Å². The van der Waals surface area contributed by atoms with E-state index in [0.717, 1.165) is 12.8 Å². The van der Waals surface area contributed by atoms with E-state index < -0.39 is 5.97 Å². The summed E-state index contributed by atoms with van der Waals surface area (Å²) < 4.78 is 4.65. The van der Waals surface area contributed by atoms with Gasteiger partial charge in [0.2, 0.25) is 0 Å². The summed E-state index contributed by atoms with van der Waals surface area (Å²) in [6.07, 6.45) is 3.11. The number of hydrogen-bond donors (Lipinski definition) is 0. The summed E-state index contributed by atoms with van der Waals surface area (Å²) in [6.45, 7) is 5.65. The highest BCUT2D eigenvalue weighted by molar-refractivity contribution is 5.65. The molecule has 0 aromatic rings. The minimum absolute atomic E-state index is 0.0834. The smallest absolute Gasteiger partial charge is 0.302 e. The zero-order chi connectivity index (χ0) is 14.4. The predicted octanol–water partition coefficient (Wildman–Crippen LogP) is 1.42. The molecule has 0 bridgehead atoms. The number of carboxylic acid groups (broad SMARTS) is 1. The van der Waals surface area contributed by atoms with E-state index in [1.165, 1.54) is 6.92 Å². The number of nitrogens with zero attached hydrogens (tertiary/aromatic N) is 1. The summed E-state index contributed by atoms with van der Waals surface area (Å²) in [4.78, 5) is 20.2. The molecule has 104 valence electrons. The molecule has 5 heteroatoms. The Morgan fingerprint density at radius 2 is 1.94 bits per heavy atom. The van der Waals surface area contributed by atoms with Crippen molar-refractivity contribution >= 4 is 11.9 Å². The minimum Gasteiger partial charge on any atom is -0.550 e. The Morgan fingerprint density at radius 1 is 1.33 bits per heavy atom. The fourth-order valence-electron chi connectivity index (χ4n) is 0.855. The van der Waals surface area contributed by atoms with Crippen molar-refractivity contribution in [3.8, 4) is 6.07 Å². The Labute approximate surface area is 109 Å². The van der Waals surface area contributed by atoms with Crippen molar-refractivity contribution in [3.05, 3.63) is 0 Å². The van der Waals surface area contributed by atoms with Gasteiger partial charge in [-0.3, -0.25) is 4.79 Å². The zero-order valence-electron chi connectivity index (χ0n) is 11.4. The lowest BCUT2D eigenvalue weighted by atomic mass is 10.2. The van der Waals surface area contributed by atoms with E-state index in [-0.39, 0.29) is 18.3 Å². The van der Waals surface area contributed by atoms with Gasteiger partial charge in [-0.1, -0.05) is 6.92 Å². The van der Waals surface area contributed by atoms with Crippen LogP contribution < -0.4 is 5.11 Å². The number of aliphatic carboxylic acids is 1. The van der Waals surface area contributed by atoms with Crippen molar-refractivity contribution in [3.63, 3.8) is 0 Å². The van der Waals surface area contributed by atoms with E-state index in [2.05, 4.69) is 10.8 Å². The molecule has 0 amide bonds. The Morgan fingerprint density at radius 3 is 2.28 bits per heavy atom. The van der Waals surface area contributed by atoms with Crippen LogP contribution >= 0.6 is 0 Å². The van der Waals surface area contributed by atoms with Crippen LogP contribution in [0, 0.1) is 17.2 Å². The SMILES string of the molecule is CC(=O)OCCCCCC(=O)[O-].CCC(C)C#N. The molecule has 0 fully saturated rings. The highest BCUT2D eigenvalue weighted by atomic mass is 16.5. The van der Waals surface area contributed by atoms with Crippen LogP contribution in [-0.4, -0.2) is 18.5 Å². The van der Waals surface area contributed by atoms with Crippen LogP contribution in [0.25, 0.3) is 0 Å². The fraction of sp³-hybridized carbons (Fsp3) is 0.769. The molecule has 18 heavy (non-hydrogen) atoms. The van der Waals surface area contributed by atoms with Crippen LogP contribution in [-0.2, 0) is 14.3 Å². The maximum atomic E-state index is 10.3. The maximum Gasteiger partial charge on any atom is 0.302 e. The van der Waals surface area contributed by atoms with E-state index in [4.69, 9.17) is 5.26 Å². The van der Waals surface area contributed by atoms with Crippen molar-refractivity contribution in [2.45, 2.75) is 52.9 Å². The molecule has 1 unspecified atom stereocenters. The molecule has 0 rings (SSSR count). The Balaban J connectivity index is 0. The molecule has 5 nitrogen and oxygen atoms in total. The summed E-state index contributed by atoms with van der Waals surface area (Å²) in [5, 5.41) is 18.0. The van der Waals surface area contributed by atoms with Gasteiger partial charge in [0.25, 0.3) is 0 Å². The first-order valence-corrected chi connectivity index (χ1v) is 6.16. The third-order valence-electron chi connectivity index (χ3n) is 2.16. The van der Waals surface area contributed by atoms with Crippen molar-refractivity contribution < 1.29 is 19.4 Å². The zero-order valence-corrected chi connectivity index (χ0v) is 11.4. The first-order chi connectivity index (χ1) is 8.43. The van der Waals surface area contributed by atoms with E-state index in [9.17, 15) is 14.7 Å². The molecule has 0 heterocycles. The second-order valence-electron chi connectivity index (χ2n) is 3.96. The van der Waals surface area contributed by atoms with Crippen LogP contribution in [0.15, 0.2) is 0 Å². The number of carbonyl (C=O) groups excluding carboxylic acids is 2. The second kappa shape index (κ2) is 13.5. The van der Waals surface area contributed by atoms with Gasteiger partial charge < -0.3 is 14.6 Å². The lowest BCUT2D eigenvalue weighted by Gasteiger charge is -2.02.